The molecule has 1 aliphatic rings. The van der Waals surface area contributed by atoms with Crippen LogP contribution in [-0.2, 0) is 24.1 Å². The first-order valence-electron chi connectivity index (χ1n) is 8.90. The number of nitrogens with zero attached hydrogens (tertiary/aromatic N) is 2. The number of carbonyl (C=O) groups excluding carboxylic acids is 2. The molecular weight excluding hydrogens is 330 g/mol. The van der Waals surface area contributed by atoms with Gasteiger partial charge in [-0.3, -0.25) is 9.78 Å². The van der Waals surface area contributed by atoms with Crippen LogP contribution < -0.4 is 5.32 Å². The summed E-state index contributed by atoms with van der Waals surface area (Å²) in [7, 11) is 0. The predicted molar refractivity (Wildman–Crippen MR) is 99.1 cm³/mol. The first kappa shape index (κ1) is 17.9. The Morgan fingerprint density at radius 2 is 2.04 bits per heavy atom. The third-order valence-corrected chi connectivity index (χ3v) is 4.56. The molecule has 136 valence electrons. The van der Waals surface area contributed by atoms with E-state index in [9.17, 15) is 9.59 Å². The van der Waals surface area contributed by atoms with Crippen LogP contribution in [0.1, 0.15) is 40.9 Å². The molecule has 0 saturated heterocycles. The average Bonchev–Trinajstić information content (AvgIpc) is 2.67. The Kier molecular flexibility index (Phi) is 5.51. The van der Waals surface area contributed by atoms with E-state index in [4.69, 9.17) is 4.74 Å². The van der Waals surface area contributed by atoms with Crippen LogP contribution in [0.25, 0.3) is 0 Å². The Morgan fingerprint density at radius 1 is 1.23 bits per heavy atom. The van der Waals surface area contributed by atoms with Gasteiger partial charge >= 0.3 is 6.09 Å². The maximum absolute atomic E-state index is 12.8. The number of nitrogens with one attached hydrogen (secondary N) is 1. The summed E-state index contributed by atoms with van der Waals surface area (Å²) in [5.41, 5.74) is 4.32. The molecule has 0 saturated carbocycles. The van der Waals surface area contributed by atoms with E-state index in [-0.39, 0.29) is 12.0 Å². The van der Waals surface area contributed by atoms with E-state index in [1.165, 1.54) is 0 Å². The molecule has 0 spiro atoms. The van der Waals surface area contributed by atoms with Crippen molar-refractivity contribution in [1.29, 1.82) is 0 Å². The Hall–Kier alpha value is -2.89. The van der Waals surface area contributed by atoms with Crippen molar-refractivity contribution in [3.8, 4) is 0 Å². The SMILES string of the molecule is CCOC(=O)N1CCc2c(cncc2C(=O)Nc2ccccc2CC)C1. The van der Waals surface area contributed by atoms with Crippen molar-refractivity contribution in [2.75, 3.05) is 18.5 Å². The van der Waals surface area contributed by atoms with E-state index in [1.54, 1.807) is 24.2 Å². The van der Waals surface area contributed by atoms with Crippen LogP contribution in [-0.4, -0.2) is 35.0 Å². The molecule has 1 aliphatic heterocycles. The predicted octanol–water partition coefficient (Wildman–Crippen LogP) is 3.41. The van der Waals surface area contributed by atoms with Gasteiger partial charge in [0.2, 0.25) is 0 Å². The second kappa shape index (κ2) is 7.99. The number of anilines is 1. The number of pyridine rings is 1. The molecule has 0 unspecified atom stereocenters. The van der Waals surface area contributed by atoms with Gasteiger partial charge in [-0.1, -0.05) is 25.1 Å². The van der Waals surface area contributed by atoms with Gasteiger partial charge in [0.1, 0.15) is 0 Å². The standard InChI is InChI=1S/C20H23N3O3/c1-3-14-7-5-6-8-18(14)22-19(24)17-12-21-11-15-13-23(10-9-16(15)17)20(25)26-4-2/h5-8,11-12H,3-4,9-10,13H2,1-2H3,(H,22,24). The molecule has 6 heteroatoms. The second-order valence-electron chi connectivity index (χ2n) is 6.16. The van der Waals surface area contributed by atoms with Crippen LogP contribution in [0.5, 0.6) is 0 Å². The van der Waals surface area contributed by atoms with Gasteiger partial charge in [-0.25, -0.2) is 4.79 Å². The van der Waals surface area contributed by atoms with E-state index in [1.807, 2.05) is 24.3 Å². The number of benzene rings is 1. The topological polar surface area (TPSA) is 71.5 Å². The van der Waals surface area contributed by atoms with Gasteiger partial charge in [0, 0.05) is 24.6 Å². The molecule has 3 rings (SSSR count). The quantitative estimate of drug-likeness (QED) is 0.914. The molecule has 2 aromatic rings. The molecule has 0 atom stereocenters. The van der Waals surface area contributed by atoms with Gasteiger partial charge in [-0.05, 0) is 42.5 Å². The molecule has 6 nitrogen and oxygen atoms in total. The molecule has 0 radical (unpaired) electrons. The number of rotatable bonds is 4. The van der Waals surface area contributed by atoms with Crippen LogP contribution in [0.3, 0.4) is 0 Å². The van der Waals surface area contributed by atoms with Gasteiger partial charge in [-0.15, -0.1) is 0 Å². The molecule has 0 aliphatic carbocycles. The lowest BCUT2D eigenvalue weighted by Crippen LogP contribution is -2.37. The number of aromatic nitrogens is 1. The van der Waals surface area contributed by atoms with Gasteiger partial charge in [-0.2, -0.15) is 0 Å². The van der Waals surface area contributed by atoms with Crippen molar-refractivity contribution in [1.82, 2.24) is 9.88 Å². The van der Waals surface area contributed by atoms with Crippen molar-refractivity contribution < 1.29 is 14.3 Å². The number of amides is 2. The summed E-state index contributed by atoms with van der Waals surface area (Å²) in [6.07, 6.45) is 4.44. The van der Waals surface area contributed by atoms with Crippen molar-refractivity contribution >= 4 is 17.7 Å². The van der Waals surface area contributed by atoms with E-state index in [0.717, 1.165) is 28.8 Å². The van der Waals surface area contributed by atoms with E-state index in [2.05, 4.69) is 17.2 Å². The smallest absolute Gasteiger partial charge is 0.410 e. The maximum atomic E-state index is 12.8. The first-order chi connectivity index (χ1) is 12.6. The molecule has 1 aromatic heterocycles. The van der Waals surface area contributed by atoms with Gasteiger partial charge in [0.25, 0.3) is 5.91 Å². The van der Waals surface area contributed by atoms with Gasteiger partial charge < -0.3 is 15.0 Å². The molecule has 0 bridgehead atoms. The molecule has 1 N–H and O–H groups in total. The zero-order chi connectivity index (χ0) is 18.5. The van der Waals surface area contributed by atoms with Crippen LogP contribution in [0.4, 0.5) is 10.5 Å². The summed E-state index contributed by atoms with van der Waals surface area (Å²) >= 11 is 0. The van der Waals surface area contributed by atoms with Crippen molar-refractivity contribution in [2.45, 2.75) is 33.2 Å². The Balaban J connectivity index is 1.81. The largest absolute Gasteiger partial charge is 0.450 e. The summed E-state index contributed by atoms with van der Waals surface area (Å²) in [6.45, 7) is 5.13. The fourth-order valence-electron chi connectivity index (χ4n) is 3.20. The minimum Gasteiger partial charge on any atom is -0.450 e. The number of fused-ring (bicyclic) bond motifs is 1. The molecule has 2 amide bonds. The minimum absolute atomic E-state index is 0.167. The summed E-state index contributed by atoms with van der Waals surface area (Å²) in [6, 6.07) is 7.78. The number of hydrogen-bond donors (Lipinski definition) is 1. The summed E-state index contributed by atoms with van der Waals surface area (Å²) < 4.78 is 5.07. The highest BCUT2D eigenvalue weighted by atomic mass is 16.6. The fraction of sp³-hybridized carbons (Fsp3) is 0.350. The number of para-hydroxylation sites is 1. The third-order valence-electron chi connectivity index (χ3n) is 4.56. The molecule has 0 fully saturated rings. The Bertz CT molecular complexity index is 820. The Morgan fingerprint density at radius 3 is 2.81 bits per heavy atom. The second-order valence-corrected chi connectivity index (χ2v) is 6.16. The molecular formula is C20H23N3O3. The van der Waals surface area contributed by atoms with Crippen LogP contribution in [0.15, 0.2) is 36.7 Å². The van der Waals surface area contributed by atoms with Crippen molar-refractivity contribution in [3.63, 3.8) is 0 Å². The monoisotopic (exact) mass is 353 g/mol. The van der Waals surface area contributed by atoms with Crippen molar-refractivity contribution in [2.24, 2.45) is 0 Å². The van der Waals surface area contributed by atoms with E-state index < -0.39 is 0 Å². The normalized spacial score (nSPS) is 13.1. The van der Waals surface area contributed by atoms with Crippen molar-refractivity contribution in [3.05, 3.63) is 58.9 Å². The zero-order valence-corrected chi connectivity index (χ0v) is 15.1. The average molecular weight is 353 g/mol. The maximum Gasteiger partial charge on any atom is 0.410 e. The summed E-state index contributed by atoms with van der Waals surface area (Å²) in [4.78, 5) is 30.6. The van der Waals surface area contributed by atoms with E-state index >= 15 is 0 Å². The Labute approximate surface area is 153 Å². The lowest BCUT2D eigenvalue weighted by molar-refractivity contribution is 0.101. The number of aryl methyl sites for hydroxylation is 1. The van der Waals surface area contributed by atoms with Gasteiger partial charge in [0.05, 0.1) is 18.7 Å². The molecule has 1 aromatic carbocycles. The third kappa shape index (κ3) is 3.69. The van der Waals surface area contributed by atoms with Crippen LogP contribution >= 0.6 is 0 Å². The fourth-order valence-corrected chi connectivity index (χ4v) is 3.20. The molecule has 2 heterocycles. The summed E-state index contributed by atoms with van der Waals surface area (Å²) in [5.74, 6) is -0.167. The highest BCUT2D eigenvalue weighted by Gasteiger charge is 2.25. The van der Waals surface area contributed by atoms with Crippen LogP contribution in [0, 0.1) is 0 Å². The first-order valence-corrected chi connectivity index (χ1v) is 8.90. The number of carbonyl (C=O) groups is 2. The summed E-state index contributed by atoms with van der Waals surface area (Å²) in [5, 5.41) is 3.00. The lowest BCUT2D eigenvalue weighted by atomic mass is 9.96. The molecule has 26 heavy (non-hydrogen) atoms. The van der Waals surface area contributed by atoms with Crippen LogP contribution in [0.2, 0.25) is 0 Å². The highest BCUT2D eigenvalue weighted by molar-refractivity contribution is 6.05. The number of hydrogen-bond acceptors (Lipinski definition) is 4. The number of ether oxygens (including phenoxy) is 1. The lowest BCUT2D eigenvalue weighted by Gasteiger charge is -2.28. The highest BCUT2D eigenvalue weighted by Crippen LogP contribution is 2.24. The minimum atomic E-state index is -0.329. The van der Waals surface area contributed by atoms with Gasteiger partial charge in [0.15, 0.2) is 0 Å². The van der Waals surface area contributed by atoms with E-state index in [0.29, 0.717) is 31.7 Å². The zero-order valence-electron chi connectivity index (χ0n) is 15.1.